The van der Waals surface area contributed by atoms with Crippen molar-refractivity contribution < 1.29 is 19.2 Å². The zero-order valence-electron chi connectivity index (χ0n) is 16.2. The van der Waals surface area contributed by atoms with Crippen LogP contribution < -0.4 is 0 Å². The smallest absolute Gasteiger partial charge is 0.311 e. The van der Waals surface area contributed by atoms with E-state index in [1.807, 2.05) is 18.2 Å². The van der Waals surface area contributed by atoms with Gasteiger partial charge in [0.1, 0.15) is 0 Å². The molecule has 0 aromatic heterocycles. The Morgan fingerprint density at radius 1 is 1.17 bits per heavy atom. The van der Waals surface area contributed by atoms with Gasteiger partial charge in [-0.3, -0.25) is 9.59 Å². The molecule has 3 amide bonds. The van der Waals surface area contributed by atoms with E-state index in [-0.39, 0.29) is 6.41 Å². The molecule has 1 fully saturated rings. The number of carbonyl (C=O) groups is 3. The van der Waals surface area contributed by atoms with Crippen LogP contribution in [0.1, 0.15) is 34.3 Å². The van der Waals surface area contributed by atoms with Crippen LogP contribution in [-0.4, -0.2) is 41.5 Å². The molecule has 0 saturated carbocycles. The molecular weight excluding hydrogens is 436 g/mol. The third-order valence-electron chi connectivity index (χ3n) is 5.13. The number of halogens is 1. The van der Waals surface area contributed by atoms with E-state index in [0.717, 1.165) is 23.7 Å². The number of hydroxylamine groups is 2. The van der Waals surface area contributed by atoms with Crippen LogP contribution in [-0.2, 0) is 16.1 Å². The van der Waals surface area contributed by atoms with Gasteiger partial charge in [-0.2, -0.15) is 0 Å². The van der Waals surface area contributed by atoms with E-state index < -0.39 is 12.0 Å². The Hall–Kier alpha value is -2.67. The Balaban J connectivity index is 1.55. The maximum atomic E-state index is 12.6. The van der Waals surface area contributed by atoms with Gasteiger partial charge in [-0.25, -0.2) is 4.79 Å². The second kappa shape index (κ2) is 9.69. The molecule has 1 aliphatic heterocycles. The van der Waals surface area contributed by atoms with Crippen molar-refractivity contribution in [3.05, 3.63) is 69.7 Å². The number of carbonyl (C=O) groups excluding carboxylic acids is 3. The fraction of sp³-hybridized carbons (Fsp3) is 0.318. The van der Waals surface area contributed by atoms with E-state index in [4.69, 9.17) is 4.84 Å². The highest BCUT2D eigenvalue weighted by Crippen LogP contribution is 2.23. The van der Waals surface area contributed by atoms with Gasteiger partial charge < -0.3 is 9.74 Å². The van der Waals surface area contributed by atoms with Crippen molar-refractivity contribution >= 4 is 34.3 Å². The third-order valence-corrected chi connectivity index (χ3v) is 5.62. The topological polar surface area (TPSA) is 66.9 Å². The summed E-state index contributed by atoms with van der Waals surface area (Å²) in [4.78, 5) is 43.0. The number of likely N-dealkylation sites (tertiary alicyclic amines) is 1. The lowest BCUT2D eigenvalue weighted by Gasteiger charge is -2.31. The molecule has 1 heterocycles. The second-order valence-corrected chi connectivity index (χ2v) is 8.09. The molecule has 3 rings (SSSR count). The summed E-state index contributed by atoms with van der Waals surface area (Å²) in [6, 6.07) is 15.3. The molecule has 7 heteroatoms. The van der Waals surface area contributed by atoms with Crippen LogP contribution in [0, 0.1) is 12.8 Å². The minimum atomic E-state index is -0.682. The number of rotatable bonds is 4. The van der Waals surface area contributed by atoms with Gasteiger partial charge in [0.2, 0.25) is 0 Å². The van der Waals surface area contributed by atoms with Gasteiger partial charge in [-0.05, 0) is 61.4 Å². The lowest BCUT2D eigenvalue weighted by Crippen LogP contribution is -2.43. The third kappa shape index (κ3) is 5.44. The highest BCUT2D eigenvalue weighted by Gasteiger charge is 2.28. The standard InChI is InChI=1S/C22H23BrN2O4/c1-16-13-19(23)7-8-20(16)21(27)25(15-26)29-22(28)24-11-9-18(10-12-24)14-17-5-3-2-4-6-17/h2-8,13,15,18H,9-12,14H2,1H3. The van der Waals surface area contributed by atoms with Gasteiger partial charge in [0, 0.05) is 23.1 Å². The Morgan fingerprint density at radius 3 is 2.48 bits per heavy atom. The van der Waals surface area contributed by atoms with Crippen molar-refractivity contribution in [2.75, 3.05) is 13.1 Å². The van der Waals surface area contributed by atoms with Gasteiger partial charge in [0.05, 0.1) is 0 Å². The van der Waals surface area contributed by atoms with Crippen LogP contribution in [0.4, 0.5) is 4.79 Å². The predicted octanol–water partition coefficient (Wildman–Crippen LogP) is 4.36. The van der Waals surface area contributed by atoms with Crippen molar-refractivity contribution in [3.63, 3.8) is 0 Å². The van der Waals surface area contributed by atoms with E-state index >= 15 is 0 Å². The SMILES string of the molecule is Cc1cc(Br)ccc1C(=O)N(C=O)OC(=O)N1CCC(Cc2ccccc2)CC1. The Labute approximate surface area is 178 Å². The second-order valence-electron chi connectivity index (χ2n) is 7.17. The van der Waals surface area contributed by atoms with Crippen molar-refractivity contribution in [2.45, 2.75) is 26.2 Å². The van der Waals surface area contributed by atoms with Crippen LogP contribution in [0.2, 0.25) is 0 Å². The minimum absolute atomic E-state index is 0.226. The molecule has 0 radical (unpaired) electrons. The molecule has 2 aromatic carbocycles. The van der Waals surface area contributed by atoms with Gasteiger partial charge in [0.15, 0.2) is 0 Å². The molecule has 1 aliphatic rings. The molecule has 1 saturated heterocycles. The molecule has 0 atom stereocenters. The minimum Gasteiger partial charge on any atom is -0.311 e. The highest BCUT2D eigenvalue weighted by atomic mass is 79.9. The zero-order valence-corrected chi connectivity index (χ0v) is 17.8. The van der Waals surface area contributed by atoms with Gasteiger partial charge in [-0.15, -0.1) is 0 Å². The number of nitrogens with zero attached hydrogens (tertiary/aromatic N) is 2. The van der Waals surface area contributed by atoms with E-state index in [2.05, 4.69) is 28.1 Å². The van der Waals surface area contributed by atoms with Crippen LogP contribution in [0.15, 0.2) is 53.0 Å². The Kier molecular flexibility index (Phi) is 7.04. The van der Waals surface area contributed by atoms with E-state index in [1.165, 1.54) is 5.56 Å². The average molecular weight is 459 g/mol. The number of amides is 3. The van der Waals surface area contributed by atoms with Crippen molar-refractivity contribution in [1.82, 2.24) is 9.96 Å². The van der Waals surface area contributed by atoms with Crippen molar-refractivity contribution in [2.24, 2.45) is 5.92 Å². The highest BCUT2D eigenvalue weighted by molar-refractivity contribution is 9.10. The van der Waals surface area contributed by atoms with E-state index in [1.54, 1.807) is 30.0 Å². The molecule has 0 N–H and O–H groups in total. The fourth-order valence-corrected chi connectivity index (χ4v) is 3.98. The first kappa shape index (κ1) is 21.0. The van der Waals surface area contributed by atoms with Crippen molar-refractivity contribution in [3.8, 4) is 0 Å². The summed E-state index contributed by atoms with van der Waals surface area (Å²) in [6.07, 6.45) is 2.23. The summed E-state index contributed by atoms with van der Waals surface area (Å²) in [5, 5.41) is 0.467. The maximum Gasteiger partial charge on any atom is 0.434 e. The summed E-state index contributed by atoms with van der Waals surface area (Å²) < 4.78 is 0.819. The Bertz CT molecular complexity index is 880. The Morgan fingerprint density at radius 2 is 1.86 bits per heavy atom. The van der Waals surface area contributed by atoms with Crippen LogP contribution in [0.3, 0.4) is 0 Å². The summed E-state index contributed by atoms with van der Waals surface area (Å²) in [5.41, 5.74) is 2.26. The van der Waals surface area contributed by atoms with Crippen LogP contribution in [0.5, 0.6) is 0 Å². The summed E-state index contributed by atoms with van der Waals surface area (Å²) in [6.45, 7) is 2.82. The molecule has 0 aliphatic carbocycles. The molecule has 6 nitrogen and oxygen atoms in total. The predicted molar refractivity (Wildman–Crippen MR) is 112 cm³/mol. The normalized spacial score (nSPS) is 14.3. The van der Waals surface area contributed by atoms with E-state index in [0.29, 0.717) is 35.2 Å². The lowest BCUT2D eigenvalue weighted by atomic mass is 9.90. The van der Waals surface area contributed by atoms with Gasteiger partial charge >= 0.3 is 6.09 Å². The van der Waals surface area contributed by atoms with E-state index in [9.17, 15) is 14.4 Å². The molecule has 0 spiro atoms. The van der Waals surface area contributed by atoms with Crippen LogP contribution in [0.25, 0.3) is 0 Å². The van der Waals surface area contributed by atoms with Gasteiger partial charge in [0.25, 0.3) is 12.3 Å². The largest absolute Gasteiger partial charge is 0.434 e. The number of imide groups is 1. The van der Waals surface area contributed by atoms with Crippen LogP contribution >= 0.6 is 15.9 Å². The molecule has 0 unspecified atom stereocenters. The molecule has 2 aromatic rings. The fourth-order valence-electron chi connectivity index (χ4n) is 3.51. The number of benzene rings is 2. The zero-order chi connectivity index (χ0) is 20.8. The molecule has 29 heavy (non-hydrogen) atoms. The number of piperidine rings is 1. The average Bonchev–Trinajstić information content (AvgIpc) is 2.72. The first-order valence-corrected chi connectivity index (χ1v) is 10.3. The number of hydrogen-bond donors (Lipinski definition) is 0. The summed E-state index contributed by atoms with van der Waals surface area (Å²) in [7, 11) is 0. The monoisotopic (exact) mass is 458 g/mol. The number of aryl methyl sites for hydroxylation is 1. The first-order chi connectivity index (χ1) is 14.0. The molecular formula is C22H23BrN2O4. The summed E-state index contributed by atoms with van der Waals surface area (Å²) >= 11 is 3.33. The maximum absolute atomic E-state index is 12.6. The van der Waals surface area contributed by atoms with Crippen molar-refractivity contribution in [1.29, 1.82) is 0 Å². The number of hydrogen-bond acceptors (Lipinski definition) is 4. The quantitative estimate of drug-likeness (QED) is 0.504. The molecule has 0 bridgehead atoms. The lowest BCUT2D eigenvalue weighted by molar-refractivity contribution is -0.142. The van der Waals surface area contributed by atoms with Gasteiger partial charge in [-0.1, -0.05) is 51.3 Å². The molecule has 152 valence electrons. The first-order valence-electron chi connectivity index (χ1n) is 9.53. The summed E-state index contributed by atoms with van der Waals surface area (Å²) in [5.74, 6) is -0.173.